The van der Waals surface area contributed by atoms with Crippen LogP contribution >= 0.6 is 0 Å². The van der Waals surface area contributed by atoms with Gasteiger partial charge in [-0.3, -0.25) is 4.79 Å². The molecule has 3 aromatic carbocycles. The Morgan fingerprint density at radius 3 is 2.06 bits per heavy atom. The first-order valence-electron chi connectivity index (χ1n) is 11.1. The van der Waals surface area contributed by atoms with E-state index in [0.29, 0.717) is 28.2 Å². The highest BCUT2D eigenvalue weighted by Gasteiger charge is 2.37. The second kappa shape index (κ2) is 7.68. The Hall–Kier alpha value is -3.21. The van der Waals surface area contributed by atoms with E-state index in [1.54, 1.807) is 14.2 Å². The van der Waals surface area contributed by atoms with E-state index in [1.165, 1.54) is 0 Å². The van der Waals surface area contributed by atoms with E-state index in [1.807, 2.05) is 51.1 Å². The minimum Gasteiger partial charge on any atom is -0.507 e. The van der Waals surface area contributed by atoms with E-state index in [-0.39, 0.29) is 16.6 Å². The molecule has 0 saturated carbocycles. The van der Waals surface area contributed by atoms with Gasteiger partial charge in [-0.25, -0.2) is 0 Å². The number of phenols is 1. The van der Waals surface area contributed by atoms with Crippen molar-refractivity contribution in [3.8, 4) is 23.0 Å². The van der Waals surface area contributed by atoms with E-state index in [9.17, 15) is 9.90 Å². The average Bonchev–Trinajstić information content (AvgIpc) is 3.13. The van der Waals surface area contributed by atoms with Crippen molar-refractivity contribution >= 4 is 17.1 Å². The Kier molecular flexibility index (Phi) is 5.35. The van der Waals surface area contributed by atoms with Crippen LogP contribution in [0.5, 0.6) is 23.0 Å². The van der Waals surface area contributed by atoms with Crippen LogP contribution in [0.1, 0.15) is 80.3 Å². The molecule has 5 nitrogen and oxygen atoms in total. The number of aldehydes is 1. The van der Waals surface area contributed by atoms with Gasteiger partial charge in [-0.1, -0.05) is 47.6 Å². The van der Waals surface area contributed by atoms with E-state index in [0.717, 1.165) is 33.9 Å². The number of aromatic hydroxyl groups is 1. The molecule has 4 rings (SSSR count). The molecule has 0 spiro atoms. The Morgan fingerprint density at radius 1 is 0.879 bits per heavy atom. The largest absolute Gasteiger partial charge is 0.507 e. The maximum absolute atomic E-state index is 12.2. The summed E-state index contributed by atoms with van der Waals surface area (Å²) in [5.41, 5.74) is 3.43. The van der Waals surface area contributed by atoms with E-state index >= 15 is 0 Å². The van der Waals surface area contributed by atoms with Gasteiger partial charge in [0.2, 0.25) is 0 Å². The second-order valence-corrected chi connectivity index (χ2v) is 10.7. The van der Waals surface area contributed by atoms with Crippen LogP contribution in [0, 0.1) is 0 Å². The molecule has 1 aliphatic heterocycles. The van der Waals surface area contributed by atoms with Crippen molar-refractivity contribution in [1.29, 1.82) is 0 Å². The quantitative estimate of drug-likeness (QED) is 0.465. The van der Waals surface area contributed by atoms with E-state index in [2.05, 4.69) is 20.8 Å². The summed E-state index contributed by atoms with van der Waals surface area (Å²) in [6.45, 7) is 12.4. The normalized spacial score (nSPS) is 15.5. The smallest absolute Gasteiger partial charge is 0.161 e. The van der Waals surface area contributed by atoms with E-state index in [4.69, 9.17) is 14.2 Å². The molecular weight excluding hydrogens is 416 g/mol. The van der Waals surface area contributed by atoms with Gasteiger partial charge in [0.15, 0.2) is 17.8 Å². The van der Waals surface area contributed by atoms with Gasteiger partial charge in [0.1, 0.15) is 17.6 Å². The zero-order valence-electron chi connectivity index (χ0n) is 20.6. The summed E-state index contributed by atoms with van der Waals surface area (Å²) in [7, 11) is 3.21. The first kappa shape index (κ1) is 23.0. The van der Waals surface area contributed by atoms with Crippen molar-refractivity contribution < 1.29 is 24.1 Å². The Morgan fingerprint density at radius 2 is 1.52 bits per heavy atom. The molecule has 0 aliphatic carbocycles. The number of carbonyl (C=O) groups excluding carboxylic acids is 1. The molecule has 0 fully saturated rings. The van der Waals surface area contributed by atoms with Crippen molar-refractivity contribution in [3.63, 3.8) is 0 Å². The van der Waals surface area contributed by atoms with Gasteiger partial charge in [0.25, 0.3) is 0 Å². The highest BCUT2D eigenvalue weighted by molar-refractivity contribution is 6.08. The fourth-order valence-corrected chi connectivity index (χ4v) is 4.64. The number of benzene rings is 3. The van der Waals surface area contributed by atoms with Gasteiger partial charge >= 0.3 is 0 Å². The molecule has 174 valence electrons. The van der Waals surface area contributed by atoms with Gasteiger partial charge in [0.05, 0.1) is 14.2 Å². The van der Waals surface area contributed by atoms with Gasteiger partial charge in [0, 0.05) is 38.6 Å². The van der Waals surface area contributed by atoms with Gasteiger partial charge in [-0.05, 0) is 35.1 Å². The summed E-state index contributed by atoms with van der Waals surface area (Å²) in [6, 6.07) is 9.63. The molecule has 0 saturated heterocycles. The van der Waals surface area contributed by atoms with Crippen LogP contribution in [0.15, 0.2) is 30.3 Å². The number of rotatable bonds is 4. The average molecular weight is 449 g/mol. The lowest BCUT2D eigenvalue weighted by atomic mass is 9.79. The van der Waals surface area contributed by atoms with Crippen molar-refractivity contribution in [2.45, 2.75) is 58.5 Å². The third kappa shape index (κ3) is 3.60. The maximum Gasteiger partial charge on any atom is 0.161 e. The molecule has 33 heavy (non-hydrogen) atoms. The predicted molar refractivity (Wildman–Crippen MR) is 130 cm³/mol. The van der Waals surface area contributed by atoms with Crippen molar-refractivity contribution in [2.75, 3.05) is 14.2 Å². The Labute approximate surface area is 195 Å². The van der Waals surface area contributed by atoms with Crippen LogP contribution in [-0.2, 0) is 10.8 Å². The molecular formula is C28H32O5. The summed E-state index contributed by atoms with van der Waals surface area (Å²) >= 11 is 0. The molecule has 0 amide bonds. The third-order valence-electron chi connectivity index (χ3n) is 6.36. The highest BCUT2D eigenvalue weighted by atomic mass is 16.5. The molecule has 1 N–H and O–H groups in total. The van der Waals surface area contributed by atoms with Crippen LogP contribution < -0.4 is 14.2 Å². The van der Waals surface area contributed by atoms with Crippen LogP contribution in [0.3, 0.4) is 0 Å². The second-order valence-electron chi connectivity index (χ2n) is 10.7. The van der Waals surface area contributed by atoms with Crippen LogP contribution in [-0.4, -0.2) is 25.6 Å². The number of methoxy groups -OCH3 is 2. The van der Waals surface area contributed by atoms with Crippen molar-refractivity contribution in [3.05, 3.63) is 58.1 Å². The molecule has 1 unspecified atom stereocenters. The SMILES string of the molecule is COc1ccc(C2Oc3c(C(C)(C)C)cc(C=O)c4c(O)c(C(C)(C)C)cc2c34)cc1OC. The summed E-state index contributed by atoms with van der Waals surface area (Å²) in [5, 5.41) is 12.7. The van der Waals surface area contributed by atoms with Crippen LogP contribution in [0.4, 0.5) is 0 Å². The number of hydrogen-bond donors (Lipinski definition) is 1. The zero-order chi connectivity index (χ0) is 24.3. The Balaban J connectivity index is 2.10. The standard InChI is InChI=1S/C28H32O5/c1-27(2,3)18-13-17-23-22(24(18)30)16(14-29)11-19(28(4,5)6)26(23)33-25(17)15-9-10-20(31-7)21(12-15)32-8/h9-14,25,30H,1-8H3. The van der Waals surface area contributed by atoms with Gasteiger partial charge < -0.3 is 19.3 Å². The van der Waals surface area contributed by atoms with E-state index < -0.39 is 6.10 Å². The summed E-state index contributed by atoms with van der Waals surface area (Å²) in [6.07, 6.45) is 0.417. The lowest BCUT2D eigenvalue weighted by molar-refractivity contribution is 0.112. The summed E-state index contributed by atoms with van der Waals surface area (Å²) in [5.74, 6) is 2.11. The number of carbonyl (C=O) groups is 1. The minimum absolute atomic E-state index is 0.140. The fourth-order valence-electron chi connectivity index (χ4n) is 4.64. The molecule has 0 aromatic heterocycles. The fraction of sp³-hybridized carbons (Fsp3) is 0.393. The predicted octanol–water partition coefficient (Wildman–Crippen LogP) is 6.45. The lowest BCUT2D eigenvalue weighted by Gasteiger charge is -2.25. The molecule has 3 aromatic rings. The molecule has 1 aliphatic rings. The first-order valence-corrected chi connectivity index (χ1v) is 11.1. The molecule has 1 atom stereocenters. The monoisotopic (exact) mass is 448 g/mol. The lowest BCUT2D eigenvalue weighted by Crippen LogP contribution is -2.14. The highest BCUT2D eigenvalue weighted by Crippen LogP contribution is 2.54. The van der Waals surface area contributed by atoms with Crippen molar-refractivity contribution in [1.82, 2.24) is 0 Å². The molecule has 1 heterocycles. The molecule has 0 bridgehead atoms. The first-order chi connectivity index (χ1) is 15.4. The van der Waals surface area contributed by atoms with Gasteiger partial charge in [-0.2, -0.15) is 0 Å². The van der Waals surface area contributed by atoms with Crippen LogP contribution in [0.2, 0.25) is 0 Å². The minimum atomic E-state index is -0.410. The van der Waals surface area contributed by atoms with Gasteiger partial charge in [-0.15, -0.1) is 0 Å². The molecule has 0 radical (unpaired) electrons. The summed E-state index contributed by atoms with van der Waals surface area (Å²) in [4.78, 5) is 12.2. The Bertz CT molecular complexity index is 1260. The summed E-state index contributed by atoms with van der Waals surface area (Å²) < 4.78 is 17.6. The number of hydrogen-bond acceptors (Lipinski definition) is 5. The van der Waals surface area contributed by atoms with Crippen LogP contribution in [0.25, 0.3) is 10.8 Å². The maximum atomic E-state index is 12.2. The third-order valence-corrected chi connectivity index (χ3v) is 6.36. The molecule has 5 heteroatoms. The topological polar surface area (TPSA) is 65.0 Å². The zero-order valence-corrected chi connectivity index (χ0v) is 20.6. The van der Waals surface area contributed by atoms with Crippen molar-refractivity contribution in [2.24, 2.45) is 0 Å². The number of phenolic OH excluding ortho intramolecular Hbond substituents is 1. The number of ether oxygens (including phenoxy) is 3.